The number of benzene rings is 2. The molecule has 26 heavy (non-hydrogen) atoms. The minimum absolute atomic E-state index is 0.0326. The maximum Gasteiger partial charge on any atom is 0.337 e. The highest BCUT2D eigenvalue weighted by Gasteiger charge is 2.09. The molecule has 0 heterocycles. The molecule has 0 unspecified atom stereocenters. The van der Waals surface area contributed by atoms with E-state index in [2.05, 4.69) is 15.4 Å². The van der Waals surface area contributed by atoms with Crippen LogP contribution < -0.4 is 10.6 Å². The Bertz CT molecular complexity index is 767. The molecule has 2 N–H and O–H groups in total. The normalized spacial score (nSPS) is 10.1. The Morgan fingerprint density at radius 2 is 1.38 bits per heavy atom. The number of carbonyl (C=O) groups excluding carboxylic acids is 3. The summed E-state index contributed by atoms with van der Waals surface area (Å²) in [7, 11) is 1.31. The van der Waals surface area contributed by atoms with E-state index in [1.807, 2.05) is 6.92 Å². The van der Waals surface area contributed by atoms with Gasteiger partial charge in [0.15, 0.2) is 0 Å². The second-order valence-electron chi connectivity index (χ2n) is 5.75. The lowest BCUT2D eigenvalue weighted by Crippen LogP contribution is -2.13. The summed E-state index contributed by atoms with van der Waals surface area (Å²) in [4.78, 5) is 35.4. The third-order valence-electron chi connectivity index (χ3n) is 3.75. The van der Waals surface area contributed by atoms with Crippen LogP contribution in [0.1, 0.15) is 46.9 Å². The van der Waals surface area contributed by atoms with Crippen LogP contribution in [-0.4, -0.2) is 24.9 Å². The molecule has 2 rings (SSSR count). The third-order valence-corrected chi connectivity index (χ3v) is 3.75. The first-order chi connectivity index (χ1) is 12.5. The fourth-order valence-electron chi connectivity index (χ4n) is 2.28. The Labute approximate surface area is 152 Å². The topological polar surface area (TPSA) is 84.5 Å². The minimum Gasteiger partial charge on any atom is -0.465 e. The number of methoxy groups -OCH3 is 1. The van der Waals surface area contributed by atoms with Crippen LogP contribution in [0.15, 0.2) is 48.5 Å². The van der Waals surface area contributed by atoms with Gasteiger partial charge in [0, 0.05) is 23.4 Å². The summed E-state index contributed by atoms with van der Waals surface area (Å²) in [6.07, 6.45) is 2.30. The van der Waals surface area contributed by atoms with Gasteiger partial charge in [0.05, 0.1) is 12.7 Å². The summed E-state index contributed by atoms with van der Waals surface area (Å²) >= 11 is 0. The monoisotopic (exact) mass is 354 g/mol. The standard InChI is InChI=1S/C20H22N2O4/c1-3-4-5-18(23)21-16-10-6-14(7-11-16)19(24)22-17-12-8-15(9-13-17)20(25)26-2/h6-13H,3-5H2,1-2H3,(H,21,23)(H,22,24). The molecule has 0 atom stereocenters. The van der Waals surface area contributed by atoms with Crippen LogP contribution in [0.2, 0.25) is 0 Å². The lowest BCUT2D eigenvalue weighted by molar-refractivity contribution is -0.116. The number of rotatable bonds is 7. The molecule has 0 saturated carbocycles. The van der Waals surface area contributed by atoms with Crippen molar-refractivity contribution >= 4 is 29.2 Å². The first-order valence-corrected chi connectivity index (χ1v) is 8.43. The highest BCUT2D eigenvalue weighted by molar-refractivity contribution is 6.05. The molecule has 2 aromatic carbocycles. The summed E-state index contributed by atoms with van der Waals surface area (Å²) in [5.41, 5.74) is 2.10. The van der Waals surface area contributed by atoms with Crippen LogP contribution in [-0.2, 0) is 9.53 Å². The molecule has 0 saturated heterocycles. The predicted octanol–water partition coefficient (Wildman–Crippen LogP) is 3.85. The Morgan fingerprint density at radius 1 is 0.846 bits per heavy atom. The van der Waals surface area contributed by atoms with Crippen LogP contribution in [0.5, 0.6) is 0 Å². The van der Waals surface area contributed by atoms with E-state index >= 15 is 0 Å². The maximum atomic E-state index is 12.3. The molecule has 2 aromatic rings. The zero-order valence-corrected chi connectivity index (χ0v) is 14.9. The Balaban J connectivity index is 1.95. The first kappa shape index (κ1) is 19.2. The molecule has 0 aliphatic carbocycles. The number of nitrogens with one attached hydrogen (secondary N) is 2. The Hall–Kier alpha value is -3.15. The number of amides is 2. The molecule has 0 aliphatic rings. The molecule has 0 bridgehead atoms. The highest BCUT2D eigenvalue weighted by atomic mass is 16.5. The molecule has 0 spiro atoms. The second-order valence-corrected chi connectivity index (χ2v) is 5.75. The Kier molecular flexibility index (Phi) is 6.91. The number of esters is 1. The van der Waals surface area contributed by atoms with E-state index in [1.165, 1.54) is 7.11 Å². The van der Waals surface area contributed by atoms with Crippen LogP contribution in [0.4, 0.5) is 11.4 Å². The molecule has 6 nitrogen and oxygen atoms in total. The zero-order valence-electron chi connectivity index (χ0n) is 14.9. The lowest BCUT2D eigenvalue weighted by Gasteiger charge is -2.08. The minimum atomic E-state index is -0.431. The van der Waals surface area contributed by atoms with Crippen molar-refractivity contribution < 1.29 is 19.1 Å². The molecule has 6 heteroatoms. The van der Waals surface area contributed by atoms with E-state index in [-0.39, 0.29) is 11.8 Å². The highest BCUT2D eigenvalue weighted by Crippen LogP contribution is 2.14. The van der Waals surface area contributed by atoms with Crippen LogP contribution in [0.25, 0.3) is 0 Å². The number of unbranched alkanes of at least 4 members (excludes halogenated alkanes) is 1. The van der Waals surface area contributed by atoms with Crippen molar-refractivity contribution in [2.24, 2.45) is 0 Å². The van der Waals surface area contributed by atoms with Crippen molar-refractivity contribution in [3.05, 3.63) is 59.7 Å². The quantitative estimate of drug-likeness (QED) is 0.740. The Morgan fingerprint density at radius 3 is 1.92 bits per heavy atom. The fraction of sp³-hybridized carbons (Fsp3) is 0.250. The number of anilines is 2. The van der Waals surface area contributed by atoms with Crippen molar-refractivity contribution in [2.45, 2.75) is 26.2 Å². The average Bonchev–Trinajstić information content (AvgIpc) is 2.66. The van der Waals surface area contributed by atoms with Gasteiger partial charge in [-0.1, -0.05) is 13.3 Å². The van der Waals surface area contributed by atoms with Gasteiger partial charge in [0.1, 0.15) is 0 Å². The number of hydrogen-bond acceptors (Lipinski definition) is 4. The lowest BCUT2D eigenvalue weighted by atomic mass is 10.1. The largest absolute Gasteiger partial charge is 0.465 e. The van der Waals surface area contributed by atoms with E-state index in [4.69, 9.17) is 0 Å². The van der Waals surface area contributed by atoms with E-state index < -0.39 is 5.97 Å². The summed E-state index contributed by atoms with van der Waals surface area (Å²) in [5.74, 6) is -0.742. The number of ether oxygens (including phenoxy) is 1. The van der Waals surface area contributed by atoms with Gasteiger partial charge in [-0.3, -0.25) is 9.59 Å². The van der Waals surface area contributed by atoms with Crippen LogP contribution in [0, 0.1) is 0 Å². The summed E-state index contributed by atoms with van der Waals surface area (Å²) < 4.78 is 4.63. The van der Waals surface area contributed by atoms with Crippen molar-refractivity contribution in [1.29, 1.82) is 0 Å². The third kappa shape index (κ3) is 5.44. The van der Waals surface area contributed by atoms with Gasteiger partial charge < -0.3 is 15.4 Å². The van der Waals surface area contributed by atoms with E-state index in [0.717, 1.165) is 12.8 Å². The summed E-state index contributed by atoms with van der Waals surface area (Å²) in [6, 6.07) is 13.1. The molecule has 0 radical (unpaired) electrons. The van der Waals surface area contributed by atoms with Crippen molar-refractivity contribution in [2.75, 3.05) is 17.7 Å². The second kappa shape index (κ2) is 9.36. The molecular weight excluding hydrogens is 332 g/mol. The number of carbonyl (C=O) groups is 3. The molecule has 0 fully saturated rings. The van der Waals surface area contributed by atoms with Gasteiger partial charge in [-0.15, -0.1) is 0 Å². The SMILES string of the molecule is CCCCC(=O)Nc1ccc(C(=O)Nc2ccc(C(=O)OC)cc2)cc1. The van der Waals surface area contributed by atoms with Crippen molar-refractivity contribution in [3.63, 3.8) is 0 Å². The fourth-order valence-corrected chi connectivity index (χ4v) is 2.28. The van der Waals surface area contributed by atoms with Gasteiger partial charge in [0.2, 0.25) is 5.91 Å². The molecule has 0 aliphatic heterocycles. The molecular formula is C20H22N2O4. The average molecular weight is 354 g/mol. The van der Waals surface area contributed by atoms with Gasteiger partial charge in [-0.2, -0.15) is 0 Å². The predicted molar refractivity (Wildman–Crippen MR) is 100 cm³/mol. The summed E-state index contributed by atoms with van der Waals surface area (Å²) in [6.45, 7) is 2.03. The van der Waals surface area contributed by atoms with Gasteiger partial charge >= 0.3 is 5.97 Å². The zero-order chi connectivity index (χ0) is 18.9. The maximum absolute atomic E-state index is 12.3. The van der Waals surface area contributed by atoms with Gasteiger partial charge in [-0.25, -0.2) is 4.79 Å². The smallest absolute Gasteiger partial charge is 0.337 e. The van der Waals surface area contributed by atoms with E-state index in [1.54, 1.807) is 48.5 Å². The summed E-state index contributed by atoms with van der Waals surface area (Å²) in [5, 5.41) is 5.55. The van der Waals surface area contributed by atoms with Gasteiger partial charge in [0.25, 0.3) is 5.91 Å². The van der Waals surface area contributed by atoms with Gasteiger partial charge in [-0.05, 0) is 55.0 Å². The molecule has 0 aromatic heterocycles. The first-order valence-electron chi connectivity index (χ1n) is 8.43. The number of hydrogen-bond donors (Lipinski definition) is 2. The van der Waals surface area contributed by atoms with Crippen LogP contribution in [0.3, 0.4) is 0 Å². The van der Waals surface area contributed by atoms with Crippen LogP contribution >= 0.6 is 0 Å². The molecule has 136 valence electrons. The van der Waals surface area contributed by atoms with E-state index in [9.17, 15) is 14.4 Å². The van der Waals surface area contributed by atoms with Crippen molar-refractivity contribution in [3.8, 4) is 0 Å². The van der Waals surface area contributed by atoms with E-state index in [0.29, 0.717) is 28.9 Å². The molecule has 2 amide bonds. The van der Waals surface area contributed by atoms with Crippen molar-refractivity contribution in [1.82, 2.24) is 0 Å².